The fourth-order valence-electron chi connectivity index (χ4n) is 1.80. The maximum atomic E-state index is 9.00. The molecule has 0 amide bonds. The number of H-pyrrole nitrogens is 1. The first-order valence-electron chi connectivity index (χ1n) is 5.16. The van der Waals surface area contributed by atoms with Crippen LogP contribution < -0.4 is 0 Å². The predicted octanol–water partition coefficient (Wildman–Crippen LogP) is 1.84. The Morgan fingerprint density at radius 1 is 1.41 bits per heavy atom. The number of aromatic nitrogens is 4. The van der Waals surface area contributed by atoms with Crippen LogP contribution in [0.2, 0.25) is 0 Å². The van der Waals surface area contributed by atoms with Crippen molar-refractivity contribution in [3.05, 3.63) is 36.2 Å². The zero-order valence-electron chi connectivity index (χ0n) is 9.18. The van der Waals surface area contributed by atoms with E-state index in [9.17, 15) is 0 Å². The summed E-state index contributed by atoms with van der Waals surface area (Å²) in [6.07, 6.45) is 3.62. The van der Waals surface area contributed by atoms with Gasteiger partial charge in [0.1, 0.15) is 17.4 Å². The van der Waals surface area contributed by atoms with E-state index in [1.54, 1.807) is 16.9 Å². The number of imidazole rings is 1. The molecule has 3 rings (SSSR count). The molecule has 0 fully saturated rings. The van der Waals surface area contributed by atoms with Gasteiger partial charge in [-0.05, 0) is 12.1 Å². The Morgan fingerprint density at radius 2 is 2.29 bits per heavy atom. The molecule has 17 heavy (non-hydrogen) atoms. The highest BCUT2D eigenvalue weighted by molar-refractivity contribution is 5.84. The molecule has 0 saturated carbocycles. The van der Waals surface area contributed by atoms with Crippen LogP contribution in [0.4, 0.5) is 0 Å². The number of para-hydroxylation sites is 1. The minimum absolute atomic E-state index is 0.578. The van der Waals surface area contributed by atoms with Crippen LogP contribution in [0.5, 0.6) is 0 Å². The minimum atomic E-state index is 0.578. The average molecular weight is 223 g/mol. The van der Waals surface area contributed by atoms with Crippen LogP contribution in [0, 0.1) is 11.3 Å². The fourth-order valence-corrected chi connectivity index (χ4v) is 1.80. The van der Waals surface area contributed by atoms with Crippen LogP contribution in [0.25, 0.3) is 22.4 Å². The summed E-state index contributed by atoms with van der Waals surface area (Å²) in [5, 5.41) is 13.1. The maximum Gasteiger partial charge on any atom is 0.141 e. The van der Waals surface area contributed by atoms with E-state index >= 15 is 0 Å². The Hall–Kier alpha value is -2.61. The van der Waals surface area contributed by atoms with E-state index in [1.165, 1.54) is 0 Å². The van der Waals surface area contributed by atoms with Crippen molar-refractivity contribution in [2.45, 2.75) is 0 Å². The van der Waals surface area contributed by atoms with Gasteiger partial charge in [0.15, 0.2) is 0 Å². The van der Waals surface area contributed by atoms with Gasteiger partial charge in [0.05, 0.1) is 22.8 Å². The van der Waals surface area contributed by atoms with Gasteiger partial charge in [0, 0.05) is 13.2 Å². The van der Waals surface area contributed by atoms with Gasteiger partial charge < -0.3 is 4.98 Å². The first kappa shape index (κ1) is 9.60. The van der Waals surface area contributed by atoms with Gasteiger partial charge in [-0.25, -0.2) is 4.98 Å². The lowest BCUT2D eigenvalue weighted by Gasteiger charge is -1.88. The topological polar surface area (TPSA) is 70.3 Å². The van der Waals surface area contributed by atoms with Crippen LogP contribution in [0.15, 0.2) is 30.6 Å². The molecule has 0 bridgehead atoms. The van der Waals surface area contributed by atoms with Gasteiger partial charge in [0.2, 0.25) is 0 Å². The number of hydrogen-bond acceptors (Lipinski definition) is 3. The van der Waals surface area contributed by atoms with Crippen LogP contribution in [-0.4, -0.2) is 19.7 Å². The molecule has 1 N–H and O–H groups in total. The predicted molar refractivity (Wildman–Crippen MR) is 63.0 cm³/mol. The molecule has 0 aliphatic carbocycles. The second kappa shape index (κ2) is 3.46. The van der Waals surface area contributed by atoms with E-state index in [1.807, 2.05) is 25.4 Å². The van der Waals surface area contributed by atoms with E-state index in [0.717, 1.165) is 16.9 Å². The number of benzene rings is 1. The van der Waals surface area contributed by atoms with Gasteiger partial charge in [-0.15, -0.1) is 0 Å². The monoisotopic (exact) mass is 223 g/mol. The second-order valence-electron chi connectivity index (χ2n) is 3.80. The standard InChI is InChI=1S/C12H9N5/c1-17-7-9(6-14-17)12-15-10-4-2-3-8(5-13)11(10)16-12/h2-4,6-7H,1H3,(H,15,16). The van der Waals surface area contributed by atoms with Crippen molar-refractivity contribution in [2.24, 2.45) is 7.05 Å². The van der Waals surface area contributed by atoms with Crippen LogP contribution >= 0.6 is 0 Å². The normalized spacial score (nSPS) is 10.6. The Morgan fingerprint density at radius 3 is 3.00 bits per heavy atom. The molecule has 2 heterocycles. The van der Waals surface area contributed by atoms with Gasteiger partial charge in [-0.2, -0.15) is 10.4 Å². The SMILES string of the molecule is Cn1cc(-c2nc3c(C#N)cccc3[nH]2)cn1. The first-order valence-corrected chi connectivity index (χ1v) is 5.16. The number of fused-ring (bicyclic) bond motifs is 1. The Kier molecular flexibility index (Phi) is 1.95. The third-order valence-electron chi connectivity index (χ3n) is 2.61. The number of aryl methyl sites for hydroxylation is 1. The van der Waals surface area contributed by atoms with Crippen LogP contribution in [0.3, 0.4) is 0 Å². The lowest BCUT2D eigenvalue weighted by atomic mass is 10.2. The molecule has 0 aliphatic heterocycles. The minimum Gasteiger partial charge on any atom is -0.338 e. The highest BCUT2D eigenvalue weighted by Gasteiger charge is 2.09. The molecule has 0 saturated heterocycles. The molecule has 2 aromatic heterocycles. The summed E-state index contributed by atoms with van der Waals surface area (Å²) < 4.78 is 1.72. The average Bonchev–Trinajstić information content (AvgIpc) is 2.93. The van der Waals surface area contributed by atoms with E-state index in [4.69, 9.17) is 5.26 Å². The van der Waals surface area contributed by atoms with Gasteiger partial charge in [-0.3, -0.25) is 4.68 Å². The van der Waals surface area contributed by atoms with E-state index in [2.05, 4.69) is 21.1 Å². The van der Waals surface area contributed by atoms with Crippen LogP contribution in [-0.2, 0) is 7.05 Å². The molecule has 0 unspecified atom stereocenters. The molecule has 0 radical (unpaired) electrons. The number of aromatic amines is 1. The smallest absolute Gasteiger partial charge is 0.141 e. The van der Waals surface area contributed by atoms with Crippen LogP contribution in [0.1, 0.15) is 5.56 Å². The number of nitrogens with one attached hydrogen (secondary N) is 1. The summed E-state index contributed by atoms with van der Waals surface area (Å²) >= 11 is 0. The first-order chi connectivity index (χ1) is 8.28. The quantitative estimate of drug-likeness (QED) is 0.684. The number of rotatable bonds is 1. The highest BCUT2D eigenvalue weighted by Crippen LogP contribution is 2.21. The van der Waals surface area contributed by atoms with Crippen molar-refractivity contribution in [2.75, 3.05) is 0 Å². The Balaban J connectivity index is 2.24. The third-order valence-corrected chi connectivity index (χ3v) is 2.61. The van der Waals surface area contributed by atoms with Gasteiger partial charge in [0.25, 0.3) is 0 Å². The molecule has 0 spiro atoms. The van der Waals surface area contributed by atoms with Crippen molar-refractivity contribution < 1.29 is 0 Å². The molecule has 0 aliphatic rings. The van der Waals surface area contributed by atoms with E-state index < -0.39 is 0 Å². The number of nitrogens with zero attached hydrogens (tertiary/aromatic N) is 4. The molecule has 3 aromatic rings. The van der Waals surface area contributed by atoms with Gasteiger partial charge >= 0.3 is 0 Å². The summed E-state index contributed by atoms with van der Waals surface area (Å²) in [5.74, 6) is 0.732. The molecule has 1 aromatic carbocycles. The van der Waals surface area contributed by atoms with E-state index in [0.29, 0.717) is 11.1 Å². The summed E-state index contributed by atoms with van der Waals surface area (Å²) in [4.78, 5) is 7.62. The van der Waals surface area contributed by atoms with Gasteiger partial charge in [-0.1, -0.05) is 6.07 Å². The Bertz CT molecular complexity index is 729. The Labute approximate surface area is 97.3 Å². The summed E-state index contributed by atoms with van der Waals surface area (Å²) in [7, 11) is 1.85. The van der Waals surface area contributed by atoms with Crippen molar-refractivity contribution >= 4 is 11.0 Å². The highest BCUT2D eigenvalue weighted by atomic mass is 15.2. The lowest BCUT2D eigenvalue weighted by molar-refractivity contribution is 0.768. The molecule has 0 atom stereocenters. The summed E-state index contributed by atoms with van der Waals surface area (Å²) in [5.41, 5.74) is 3.05. The maximum absolute atomic E-state index is 9.00. The zero-order valence-corrected chi connectivity index (χ0v) is 9.18. The molecular formula is C12H9N5. The second-order valence-corrected chi connectivity index (χ2v) is 3.80. The largest absolute Gasteiger partial charge is 0.338 e. The molecular weight excluding hydrogens is 214 g/mol. The van der Waals surface area contributed by atoms with Crippen molar-refractivity contribution in [3.8, 4) is 17.5 Å². The summed E-state index contributed by atoms with van der Waals surface area (Å²) in [6.45, 7) is 0. The molecule has 5 heteroatoms. The zero-order chi connectivity index (χ0) is 11.8. The third kappa shape index (κ3) is 1.47. The van der Waals surface area contributed by atoms with Crippen molar-refractivity contribution in [3.63, 3.8) is 0 Å². The molecule has 5 nitrogen and oxygen atoms in total. The lowest BCUT2D eigenvalue weighted by Crippen LogP contribution is -1.84. The number of nitriles is 1. The van der Waals surface area contributed by atoms with Crippen molar-refractivity contribution in [1.82, 2.24) is 19.7 Å². The fraction of sp³-hybridized carbons (Fsp3) is 0.0833. The van der Waals surface area contributed by atoms with E-state index in [-0.39, 0.29) is 0 Å². The van der Waals surface area contributed by atoms with Crippen molar-refractivity contribution in [1.29, 1.82) is 5.26 Å². The number of hydrogen-bond donors (Lipinski definition) is 1. The summed E-state index contributed by atoms with van der Waals surface area (Å²) in [6, 6.07) is 7.64. The molecule has 82 valence electrons.